The summed E-state index contributed by atoms with van der Waals surface area (Å²) in [6.07, 6.45) is 1.57. The Labute approximate surface area is 110 Å². The van der Waals surface area contributed by atoms with E-state index in [0.29, 0.717) is 11.1 Å². The fourth-order valence-corrected chi connectivity index (χ4v) is 1.73. The number of nitrogens with one attached hydrogen (secondary N) is 1. The van der Waals surface area contributed by atoms with E-state index in [2.05, 4.69) is 4.98 Å². The SMILES string of the molecule is Cc1ccnc(OCc2ccccc2F)c1C(=N)N. The van der Waals surface area contributed by atoms with Gasteiger partial charge in [-0.2, -0.15) is 0 Å². The third-order valence-electron chi connectivity index (χ3n) is 2.72. The number of aromatic nitrogens is 1. The molecule has 0 bridgehead atoms. The second kappa shape index (κ2) is 5.48. The second-order valence-electron chi connectivity index (χ2n) is 4.10. The summed E-state index contributed by atoms with van der Waals surface area (Å²) in [5.41, 5.74) is 7.17. The summed E-state index contributed by atoms with van der Waals surface area (Å²) in [7, 11) is 0. The van der Waals surface area contributed by atoms with Crippen LogP contribution >= 0.6 is 0 Å². The first kappa shape index (κ1) is 13.0. The zero-order valence-electron chi connectivity index (χ0n) is 10.5. The quantitative estimate of drug-likeness (QED) is 0.654. The minimum absolute atomic E-state index is 0.0450. The largest absolute Gasteiger partial charge is 0.472 e. The Kier molecular flexibility index (Phi) is 3.75. The summed E-state index contributed by atoms with van der Waals surface area (Å²) in [6.45, 7) is 1.86. The number of amidine groups is 1. The van der Waals surface area contributed by atoms with Crippen molar-refractivity contribution in [3.63, 3.8) is 0 Å². The molecule has 0 atom stereocenters. The highest BCUT2D eigenvalue weighted by Crippen LogP contribution is 2.20. The number of pyridine rings is 1. The van der Waals surface area contributed by atoms with Gasteiger partial charge in [-0.1, -0.05) is 18.2 Å². The van der Waals surface area contributed by atoms with Crippen molar-refractivity contribution in [1.82, 2.24) is 4.98 Å². The van der Waals surface area contributed by atoms with Gasteiger partial charge in [-0.15, -0.1) is 0 Å². The van der Waals surface area contributed by atoms with E-state index in [9.17, 15) is 4.39 Å². The maximum atomic E-state index is 13.5. The van der Waals surface area contributed by atoms with Crippen molar-refractivity contribution in [3.05, 3.63) is 59.0 Å². The van der Waals surface area contributed by atoms with E-state index < -0.39 is 0 Å². The number of halogens is 1. The highest BCUT2D eigenvalue weighted by molar-refractivity contribution is 5.98. The maximum absolute atomic E-state index is 13.5. The molecule has 1 aromatic heterocycles. The summed E-state index contributed by atoms with van der Waals surface area (Å²) in [6, 6.07) is 8.10. The molecule has 3 N–H and O–H groups in total. The van der Waals surface area contributed by atoms with Gasteiger partial charge >= 0.3 is 0 Å². The number of benzene rings is 1. The van der Waals surface area contributed by atoms with Crippen LogP contribution in [-0.2, 0) is 6.61 Å². The van der Waals surface area contributed by atoms with E-state index in [-0.39, 0.29) is 24.1 Å². The fraction of sp³-hybridized carbons (Fsp3) is 0.143. The number of nitrogen functional groups attached to an aromatic ring is 1. The van der Waals surface area contributed by atoms with Gasteiger partial charge in [0.2, 0.25) is 5.88 Å². The Morgan fingerprint density at radius 1 is 1.37 bits per heavy atom. The van der Waals surface area contributed by atoms with Gasteiger partial charge < -0.3 is 10.5 Å². The third kappa shape index (κ3) is 2.88. The molecule has 0 aliphatic heterocycles. The Hall–Kier alpha value is -2.43. The first-order valence-electron chi connectivity index (χ1n) is 5.76. The van der Waals surface area contributed by atoms with Crippen LogP contribution in [0.25, 0.3) is 0 Å². The van der Waals surface area contributed by atoms with Crippen LogP contribution in [0.15, 0.2) is 36.5 Å². The lowest BCUT2D eigenvalue weighted by molar-refractivity contribution is 0.287. The van der Waals surface area contributed by atoms with E-state index in [1.807, 2.05) is 6.92 Å². The molecule has 0 radical (unpaired) electrons. The lowest BCUT2D eigenvalue weighted by Gasteiger charge is -2.11. The van der Waals surface area contributed by atoms with E-state index in [4.69, 9.17) is 15.9 Å². The Morgan fingerprint density at radius 2 is 2.11 bits per heavy atom. The number of aryl methyl sites for hydroxylation is 1. The number of ether oxygens (including phenoxy) is 1. The number of hydrogen-bond acceptors (Lipinski definition) is 3. The number of rotatable bonds is 4. The Bertz CT molecular complexity index is 613. The zero-order chi connectivity index (χ0) is 13.8. The smallest absolute Gasteiger partial charge is 0.225 e. The predicted molar refractivity (Wildman–Crippen MR) is 70.7 cm³/mol. The van der Waals surface area contributed by atoms with Gasteiger partial charge in [0, 0.05) is 11.8 Å². The molecule has 2 aromatic rings. The molecule has 0 amide bonds. The van der Waals surface area contributed by atoms with Crippen LogP contribution in [-0.4, -0.2) is 10.8 Å². The molecule has 5 heteroatoms. The Balaban J connectivity index is 2.23. The van der Waals surface area contributed by atoms with Gasteiger partial charge in [-0.3, -0.25) is 5.41 Å². The molecule has 0 fully saturated rings. The van der Waals surface area contributed by atoms with Crippen molar-refractivity contribution >= 4 is 5.84 Å². The van der Waals surface area contributed by atoms with Crippen molar-refractivity contribution in [3.8, 4) is 5.88 Å². The van der Waals surface area contributed by atoms with Crippen LogP contribution in [0.1, 0.15) is 16.7 Å². The van der Waals surface area contributed by atoms with Crippen molar-refractivity contribution in [2.75, 3.05) is 0 Å². The van der Waals surface area contributed by atoms with Gasteiger partial charge in [0.1, 0.15) is 18.3 Å². The standard InChI is InChI=1S/C14H14FN3O/c1-9-6-7-18-14(12(9)13(16)17)19-8-10-4-2-3-5-11(10)15/h2-7H,8H2,1H3,(H3,16,17). The van der Waals surface area contributed by atoms with Crippen molar-refractivity contribution in [1.29, 1.82) is 5.41 Å². The third-order valence-corrected chi connectivity index (χ3v) is 2.72. The van der Waals surface area contributed by atoms with E-state index in [1.165, 1.54) is 6.07 Å². The van der Waals surface area contributed by atoms with Crippen LogP contribution in [0.4, 0.5) is 4.39 Å². The molecule has 1 heterocycles. The van der Waals surface area contributed by atoms with E-state index in [1.54, 1.807) is 30.5 Å². The molecule has 0 saturated carbocycles. The first-order valence-corrected chi connectivity index (χ1v) is 5.76. The molecule has 1 aromatic carbocycles. The molecule has 0 aliphatic carbocycles. The van der Waals surface area contributed by atoms with Crippen LogP contribution in [0.5, 0.6) is 5.88 Å². The zero-order valence-corrected chi connectivity index (χ0v) is 10.5. The molecule has 98 valence electrons. The minimum atomic E-state index is -0.334. The fourth-order valence-electron chi connectivity index (χ4n) is 1.73. The van der Waals surface area contributed by atoms with Gasteiger partial charge in [0.25, 0.3) is 0 Å². The second-order valence-corrected chi connectivity index (χ2v) is 4.10. The van der Waals surface area contributed by atoms with E-state index >= 15 is 0 Å². The summed E-state index contributed by atoms with van der Waals surface area (Å²) < 4.78 is 18.9. The summed E-state index contributed by atoms with van der Waals surface area (Å²) in [5, 5.41) is 7.53. The van der Waals surface area contributed by atoms with Crippen LogP contribution in [0.3, 0.4) is 0 Å². The average Bonchev–Trinajstić information content (AvgIpc) is 2.37. The van der Waals surface area contributed by atoms with Gasteiger partial charge in [-0.25, -0.2) is 9.37 Å². The first-order chi connectivity index (χ1) is 9.09. The summed E-state index contributed by atoms with van der Waals surface area (Å²) in [4.78, 5) is 4.04. The lowest BCUT2D eigenvalue weighted by Crippen LogP contribution is -2.16. The van der Waals surface area contributed by atoms with Crippen LogP contribution in [0.2, 0.25) is 0 Å². The molecular weight excluding hydrogens is 245 g/mol. The average molecular weight is 259 g/mol. The molecule has 0 unspecified atom stereocenters. The summed E-state index contributed by atoms with van der Waals surface area (Å²) in [5.74, 6) is -0.204. The molecule has 2 rings (SSSR count). The topological polar surface area (TPSA) is 72.0 Å². The van der Waals surface area contributed by atoms with Crippen molar-refractivity contribution in [2.45, 2.75) is 13.5 Å². The van der Waals surface area contributed by atoms with Gasteiger partial charge in [-0.05, 0) is 24.6 Å². The summed E-state index contributed by atoms with van der Waals surface area (Å²) >= 11 is 0. The molecule has 0 saturated heterocycles. The molecular formula is C14H14FN3O. The normalized spacial score (nSPS) is 10.2. The van der Waals surface area contributed by atoms with E-state index in [0.717, 1.165) is 5.56 Å². The van der Waals surface area contributed by atoms with Crippen molar-refractivity contribution < 1.29 is 9.13 Å². The highest BCUT2D eigenvalue weighted by atomic mass is 19.1. The van der Waals surface area contributed by atoms with Gasteiger partial charge in [0.15, 0.2) is 0 Å². The number of hydrogen-bond donors (Lipinski definition) is 2. The highest BCUT2D eigenvalue weighted by Gasteiger charge is 2.12. The maximum Gasteiger partial charge on any atom is 0.225 e. The van der Waals surface area contributed by atoms with Crippen molar-refractivity contribution in [2.24, 2.45) is 5.73 Å². The molecule has 0 aliphatic rings. The predicted octanol–water partition coefficient (Wildman–Crippen LogP) is 2.39. The van der Waals surface area contributed by atoms with Crippen LogP contribution in [0, 0.1) is 18.2 Å². The van der Waals surface area contributed by atoms with Crippen LogP contribution < -0.4 is 10.5 Å². The molecule has 4 nitrogen and oxygen atoms in total. The lowest BCUT2D eigenvalue weighted by atomic mass is 10.1. The molecule has 19 heavy (non-hydrogen) atoms. The number of nitrogens with zero attached hydrogens (tertiary/aromatic N) is 1. The molecule has 0 spiro atoms. The van der Waals surface area contributed by atoms with Gasteiger partial charge in [0.05, 0.1) is 5.56 Å². The monoisotopic (exact) mass is 259 g/mol. The Morgan fingerprint density at radius 3 is 2.79 bits per heavy atom. The minimum Gasteiger partial charge on any atom is -0.472 e. The number of nitrogens with two attached hydrogens (primary N) is 1.